The van der Waals surface area contributed by atoms with Gasteiger partial charge in [0.1, 0.15) is 11.6 Å². The lowest BCUT2D eigenvalue weighted by Crippen LogP contribution is -2.46. The minimum Gasteiger partial charge on any atom is -0.368 e. The summed E-state index contributed by atoms with van der Waals surface area (Å²) in [7, 11) is 0. The first kappa shape index (κ1) is 25.2. The highest BCUT2D eigenvalue weighted by atomic mass is 19.1. The van der Waals surface area contributed by atoms with E-state index >= 15 is 8.78 Å². The number of carbonyl (C=O) groups excluding carboxylic acids is 1. The molecule has 0 aliphatic carbocycles. The lowest BCUT2D eigenvalue weighted by molar-refractivity contribution is -0.128. The van der Waals surface area contributed by atoms with E-state index in [-0.39, 0.29) is 29.8 Å². The molecule has 2 atom stereocenters. The van der Waals surface area contributed by atoms with Gasteiger partial charge < -0.3 is 20.9 Å². The molecule has 2 fully saturated rings. The van der Waals surface area contributed by atoms with Crippen LogP contribution in [0.3, 0.4) is 0 Å². The van der Waals surface area contributed by atoms with Crippen molar-refractivity contribution in [3.63, 3.8) is 0 Å². The van der Waals surface area contributed by atoms with E-state index in [2.05, 4.69) is 32.2 Å². The Hall–Kier alpha value is -4.12. The van der Waals surface area contributed by atoms with Crippen molar-refractivity contribution in [1.29, 1.82) is 0 Å². The number of pyridine rings is 1. The summed E-state index contributed by atoms with van der Waals surface area (Å²) in [5.41, 5.74) is 8.93. The van der Waals surface area contributed by atoms with Gasteiger partial charge in [0.15, 0.2) is 0 Å². The average molecular weight is 533 g/mol. The Balaban J connectivity index is 1.30. The van der Waals surface area contributed by atoms with Crippen molar-refractivity contribution < 1.29 is 13.6 Å². The van der Waals surface area contributed by atoms with Crippen LogP contribution in [0.4, 0.5) is 26.1 Å². The second-order valence-electron chi connectivity index (χ2n) is 10.5. The summed E-state index contributed by atoms with van der Waals surface area (Å²) in [5, 5.41) is 7.83. The van der Waals surface area contributed by atoms with Gasteiger partial charge in [-0.25, -0.2) is 13.8 Å². The number of carbonyl (C=O) groups is 1. The van der Waals surface area contributed by atoms with Gasteiger partial charge in [0.25, 0.3) is 0 Å². The van der Waals surface area contributed by atoms with Crippen LogP contribution in [0.2, 0.25) is 0 Å². The number of anilines is 3. The van der Waals surface area contributed by atoms with E-state index in [0.29, 0.717) is 35.9 Å². The first-order valence-corrected chi connectivity index (χ1v) is 13.2. The van der Waals surface area contributed by atoms with Crippen LogP contribution < -0.4 is 16.0 Å². The number of nitrogens with two attached hydrogens (primary N) is 1. The molecule has 1 amide bonds. The van der Waals surface area contributed by atoms with Crippen LogP contribution in [-0.4, -0.2) is 56.1 Å². The molecule has 2 aliphatic heterocycles. The van der Waals surface area contributed by atoms with Crippen molar-refractivity contribution in [1.82, 2.24) is 24.5 Å². The molecule has 2 saturated heterocycles. The number of imidazole rings is 1. The molecule has 39 heavy (non-hydrogen) atoms. The van der Waals surface area contributed by atoms with Crippen molar-refractivity contribution in [3.8, 4) is 11.3 Å². The summed E-state index contributed by atoms with van der Waals surface area (Å²) >= 11 is 0. The quantitative estimate of drug-likeness (QED) is 0.385. The van der Waals surface area contributed by atoms with E-state index < -0.39 is 11.6 Å². The molecule has 4 aromatic rings. The summed E-state index contributed by atoms with van der Waals surface area (Å²) in [5.74, 6) is -0.619. The fraction of sp³-hybridized carbons (Fsp3) is 0.357. The molecule has 5 heterocycles. The Morgan fingerprint density at radius 1 is 1.13 bits per heavy atom. The highest BCUT2D eigenvalue weighted by Crippen LogP contribution is 2.32. The molecule has 9 nitrogen and oxygen atoms in total. The van der Waals surface area contributed by atoms with Crippen molar-refractivity contribution in [3.05, 3.63) is 66.1 Å². The molecule has 202 valence electrons. The number of nitrogens with one attached hydrogen (secondary N) is 1. The van der Waals surface area contributed by atoms with Crippen LogP contribution >= 0.6 is 0 Å². The zero-order valence-corrected chi connectivity index (χ0v) is 21.6. The van der Waals surface area contributed by atoms with Crippen LogP contribution in [-0.2, 0) is 11.3 Å². The first-order chi connectivity index (χ1) is 18.9. The Morgan fingerprint density at radius 3 is 2.69 bits per heavy atom. The summed E-state index contributed by atoms with van der Waals surface area (Å²) in [6, 6.07) is 7.84. The minimum absolute atomic E-state index is 0.00145. The molecule has 11 heteroatoms. The molecule has 0 saturated carbocycles. The number of hydrogen-bond donors (Lipinski definition) is 2. The number of fused-ring (bicyclic) bond motifs is 1. The second kappa shape index (κ2) is 10.2. The van der Waals surface area contributed by atoms with E-state index in [1.807, 2.05) is 6.07 Å². The van der Waals surface area contributed by atoms with Crippen LogP contribution in [0.25, 0.3) is 16.8 Å². The molecule has 0 bridgehead atoms. The molecular formula is C28H30F2N8O. The fourth-order valence-electron chi connectivity index (χ4n) is 5.63. The number of halogens is 2. The van der Waals surface area contributed by atoms with E-state index in [9.17, 15) is 4.79 Å². The van der Waals surface area contributed by atoms with Crippen molar-refractivity contribution in [2.75, 3.05) is 29.9 Å². The average Bonchev–Trinajstić information content (AvgIpc) is 3.49. The number of benzene rings is 1. The molecule has 3 aromatic heterocycles. The third kappa shape index (κ3) is 5.01. The Bertz CT molecular complexity index is 1510. The molecule has 2 aliphatic rings. The Kier molecular flexibility index (Phi) is 6.59. The highest BCUT2D eigenvalue weighted by molar-refractivity contribution is 5.78. The Morgan fingerprint density at radius 2 is 1.95 bits per heavy atom. The number of rotatable bonds is 6. The predicted octanol–water partition coefficient (Wildman–Crippen LogP) is 4.11. The third-order valence-corrected chi connectivity index (χ3v) is 7.36. The molecule has 6 rings (SSSR count). The van der Waals surface area contributed by atoms with E-state index in [1.165, 1.54) is 16.6 Å². The standard InChI is InChI=1S/C28H30F2N8O/c1-17-9-19(31)16-37(14-17)25-6-7-32-13-24(25)34-28-33-12-20-4-5-23(35-38(20)28)27-21(29)10-18(11-22(27)30)15-36-8-2-3-26(36)39/h4-7,10-13,17,19H,2-3,8-9,14-16,31H2,1H3,(H,33,34)/t17-,19+/m1/s1. The van der Waals surface area contributed by atoms with Gasteiger partial charge in [-0.2, -0.15) is 9.61 Å². The van der Waals surface area contributed by atoms with E-state index in [1.54, 1.807) is 35.6 Å². The zero-order valence-electron chi connectivity index (χ0n) is 21.6. The number of aromatic nitrogens is 4. The van der Waals surface area contributed by atoms with Crippen LogP contribution in [0.1, 0.15) is 31.7 Å². The Labute approximate surface area is 224 Å². The maximum atomic E-state index is 15.2. The van der Waals surface area contributed by atoms with Gasteiger partial charge in [-0.3, -0.25) is 9.78 Å². The maximum Gasteiger partial charge on any atom is 0.229 e. The lowest BCUT2D eigenvalue weighted by Gasteiger charge is -2.37. The van der Waals surface area contributed by atoms with Gasteiger partial charge >= 0.3 is 0 Å². The third-order valence-electron chi connectivity index (χ3n) is 7.36. The SMILES string of the molecule is C[C@@H]1C[C@H](N)CN(c2ccncc2Nc2ncc3ccc(-c4c(F)cc(CN5CCCC5=O)cc4F)nn23)C1. The van der Waals surface area contributed by atoms with E-state index in [0.717, 1.165) is 37.3 Å². The number of hydrogen-bond acceptors (Lipinski definition) is 7. The summed E-state index contributed by atoms with van der Waals surface area (Å²) in [4.78, 5) is 24.5. The molecule has 0 spiro atoms. The van der Waals surface area contributed by atoms with Crippen LogP contribution in [0.5, 0.6) is 0 Å². The van der Waals surface area contributed by atoms with Crippen LogP contribution in [0.15, 0.2) is 48.9 Å². The number of nitrogens with zero attached hydrogens (tertiary/aromatic N) is 6. The molecule has 0 unspecified atom stereocenters. The van der Waals surface area contributed by atoms with Crippen molar-refractivity contribution >= 4 is 28.7 Å². The van der Waals surface area contributed by atoms with Gasteiger partial charge in [0, 0.05) is 44.8 Å². The van der Waals surface area contributed by atoms with Crippen molar-refractivity contribution in [2.24, 2.45) is 11.7 Å². The first-order valence-electron chi connectivity index (χ1n) is 13.2. The number of piperidine rings is 1. The summed E-state index contributed by atoms with van der Waals surface area (Å²) in [6.07, 6.45) is 7.30. The lowest BCUT2D eigenvalue weighted by atomic mass is 9.96. The summed E-state index contributed by atoms with van der Waals surface area (Å²) in [6.45, 7) is 4.57. The largest absolute Gasteiger partial charge is 0.368 e. The van der Waals surface area contributed by atoms with Gasteiger partial charge in [-0.1, -0.05) is 6.92 Å². The van der Waals surface area contributed by atoms with E-state index in [4.69, 9.17) is 5.73 Å². The monoisotopic (exact) mass is 532 g/mol. The van der Waals surface area contributed by atoms with Gasteiger partial charge in [0.2, 0.25) is 11.9 Å². The predicted molar refractivity (Wildman–Crippen MR) is 144 cm³/mol. The van der Waals surface area contributed by atoms with Gasteiger partial charge in [-0.15, -0.1) is 0 Å². The second-order valence-corrected chi connectivity index (χ2v) is 10.5. The number of amides is 1. The van der Waals surface area contributed by atoms with Crippen LogP contribution in [0, 0.1) is 17.6 Å². The molecule has 0 radical (unpaired) electrons. The van der Waals surface area contributed by atoms with Gasteiger partial charge in [-0.05, 0) is 54.7 Å². The topological polar surface area (TPSA) is 105 Å². The number of likely N-dealkylation sites (tertiary alicyclic amines) is 1. The minimum atomic E-state index is -0.733. The molecule has 3 N–H and O–H groups in total. The van der Waals surface area contributed by atoms with Gasteiger partial charge in [0.05, 0.1) is 40.5 Å². The maximum absolute atomic E-state index is 15.2. The normalized spacial score (nSPS) is 19.7. The zero-order chi connectivity index (χ0) is 27.1. The fourth-order valence-corrected chi connectivity index (χ4v) is 5.63. The highest BCUT2D eigenvalue weighted by Gasteiger charge is 2.25. The smallest absolute Gasteiger partial charge is 0.229 e. The van der Waals surface area contributed by atoms with Crippen molar-refractivity contribution in [2.45, 2.75) is 38.8 Å². The molecular weight excluding hydrogens is 502 g/mol. The summed E-state index contributed by atoms with van der Waals surface area (Å²) < 4.78 is 32.0. The molecule has 1 aromatic carbocycles.